The zero-order valence-electron chi connectivity index (χ0n) is 14.4. The number of hydrogen-bond donors (Lipinski definition) is 1. The Labute approximate surface area is 150 Å². The SMILES string of the molecule is COC(=O)c1ccc(NC(=O)[C@H]2CCCN(C(=O)c3ccco3)C2)cc1. The molecule has 1 fully saturated rings. The van der Waals surface area contributed by atoms with E-state index in [2.05, 4.69) is 10.1 Å². The number of piperidine rings is 1. The molecule has 2 heterocycles. The second-order valence-electron chi connectivity index (χ2n) is 6.13. The Kier molecular flexibility index (Phi) is 5.36. The Morgan fingerprint density at radius 3 is 2.62 bits per heavy atom. The van der Waals surface area contributed by atoms with Gasteiger partial charge in [-0.3, -0.25) is 9.59 Å². The van der Waals surface area contributed by atoms with E-state index in [9.17, 15) is 14.4 Å². The lowest BCUT2D eigenvalue weighted by molar-refractivity contribution is -0.121. The van der Waals surface area contributed by atoms with Crippen LogP contribution in [0.4, 0.5) is 5.69 Å². The number of carbonyl (C=O) groups is 3. The number of likely N-dealkylation sites (tertiary alicyclic amines) is 1. The van der Waals surface area contributed by atoms with E-state index in [1.54, 1.807) is 41.3 Å². The number of ether oxygens (including phenoxy) is 1. The van der Waals surface area contributed by atoms with E-state index in [0.29, 0.717) is 30.8 Å². The number of rotatable bonds is 4. The maximum absolute atomic E-state index is 12.5. The summed E-state index contributed by atoms with van der Waals surface area (Å²) in [5.41, 5.74) is 1.01. The van der Waals surface area contributed by atoms with Crippen LogP contribution in [0.3, 0.4) is 0 Å². The van der Waals surface area contributed by atoms with Crippen molar-refractivity contribution >= 4 is 23.5 Å². The summed E-state index contributed by atoms with van der Waals surface area (Å²) in [6, 6.07) is 9.77. The summed E-state index contributed by atoms with van der Waals surface area (Å²) in [6.45, 7) is 0.961. The summed E-state index contributed by atoms with van der Waals surface area (Å²) < 4.78 is 9.80. The van der Waals surface area contributed by atoms with Gasteiger partial charge in [0.05, 0.1) is 24.9 Å². The highest BCUT2D eigenvalue weighted by Crippen LogP contribution is 2.21. The molecule has 1 aromatic heterocycles. The molecule has 1 atom stereocenters. The van der Waals surface area contributed by atoms with Gasteiger partial charge in [0.25, 0.3) is 5.91 Å². The van der Waals surface area contributed by atoms with E-state index >= 15 is 0 Å². The maximum atomic E-state index is 12.5. The Hall–Kier alpha value is -3.09. The predicted octanol–water partition coefficient (Wildman–Crippen LogP) is 2.56. The average Bonchev–Trinajstić information content (AvgIpc) is 3.22. The molecule has 136 valence electrons. The highest BCUT2D eigenvalue weighted by atomic mass is 16.5. The Morgan fingerprint density at radius 1 is 1.19 bits per heavy atom. The Morgan fingerprint density at radius 2 is 1.96 bits per heavy atom. The van der Waals surface area contributed by atoms with Crippen LogP contribution in [0.25, 0.3) is 0 Å². The van der Waals surface area contributed by atoms with Crippen LogP contribution >= 0.6 is 0 Å². The summed E-state index contributed by atoms with van der Waals surface area (Å²) in [6.07, 6.45) is 2.93. The van der Waals surface area contributed by atoms with Crippen molar-refractivity contribution in [3.05, 3.63) is 54.0 Å². The van der Waals surface area contributed by atoms with Gasteiger partial charge in [-0.1, -0.05) is 0 Å². The first-order valence-corrected chi connectivity index (χ1v) is 8.40. The fourth-order valence-corrected chi connectivity index (χ4v) is 2.98. The van der Waals surface area contributed by atoms with Gasteiger partial charge in [0.1, 0.15) is 0 Å². The minimum absolute atomic E-state index is 0.146. The summed E-state index contributed by atoms with van der Waals surface area (Å²) in [5, 5.41) is 2.84. The molecule has 7 heteroatoms. The number of nitrogens with zero attached hydrogens (tertiary/aromatic N) is 1. The molecule has 0 radical (unpaired) electrons. The van der Waals surface area contributed by atoms with Gasteiger partial charge >= 0.3 is 5.97 Å². The topological polar surface area (TPSA) is 88.9 Å². The first-order valence-electron chi connectivity index (χ1n) is 8.40. The lowest BCUT2D eigenvalue weighted by atomic mass is 9.96. The third-order valence-corrected chi connectivity index (χ3v) is 4.38. The van der Waals surface area contributed by atoms with Crippen LogP contribution in [-0.2, 0) is 9.53 Å². The van der Waals surface area contributed by atoms with Gasteiger partial charge in [0.2, 0.25) is 5.91 Å². The zero-order chi connectivity index (χ0) is 18.5. The molecule has 0 bridgehead atoms. The Balaban J connectivity index is 1.60. The van der Waals surface area contributed by atoms with Crippen LogP contribution < -0.4 is 5.32 Å². The minimum atomic E-state index is -0.428. The number of carbonyl (C=O) groups excluding carboxylic acids is 3. The standard InChI is InChI=1S/C19H20N2O5/c1-25-19(24)13-6-8-15(9-7-13)20-17(22)14-4-2-10-21(12-14)18(23)16-5-3-11-26-16/h3,5-9,11,14H,2,4,10,12H2,1H3,(H,20,22)/t14-/m0/s1. The highest BCUT2D eigenvalue weighted by molar-refractivity contribution is 5.95. The van der Waals surface area contributed by atoms with Crippen molar-refractivity contribution in [1.29, 1.82) is 0 Å². The number of amides is 2. The number of methoxy groups -OCH3 is 1. The molecule has 2 aromatic rings. The van der Waals surface area contributed by atoms with Gasteiger partial charge in [-0.05, 0) is 49.2 Å². The summed E-state index contributed by atoms with van der Waals surface area (Å²) in [7, 11) is 1.32. The fraction of sp³-hybridized carbons (Fsp3) is 0.316. The van der Waals surface area contributed by atoms with Gasteiger partial charge in [-0.15, -0.1) is 0 Å². The predicted molar refractivity (Wildman–Crippen MR) is 93.7 cm³/mol. The molecule has 0 aliphatic carbocycles. The number of hydrogen-bond acceptors (Lipinski definition) is 5. The average molecular weight is 356 g/mol. The molecule has 2 amide bonds. The zero-order valence-corrected chi connectivity index (χ0v) is 14.4. The van der Waals surface area contributed by atoms with Crippen molar-refractivity contribution in [2.24, 2.45) is 5.92 Å². The number of benzene rings is 1. The third kappa shape index (κ3) is 3.93. The van der Waals surface area contributed by atoms with Crippen LogP contribution in [0.2, 0.25) is 0 Å². The molecule has 0 saturated carbocycles. The summed E-state index contributed by atoms with van der Waals surface area (Å²) >= 11 is 0. The second-order valence-corrected chi connectivity index (χ2v) is 6.13. The van der Waals surface area contributed by atoms with Crippen molar-refractivity contribution in [3.63, 3.8) is 0 Å². The second kappa shape index (κ2) is 7.86. The fourth-order valence-electron chi connectivity index (χ4n) is 2.98. The van der Waals surface area contributed by atoms with Crippen molar-refractivity contribution in [2.75, 3.05) is 25.5 Å². The van der Waals surface area contributed by atoms with Crippen LogP contribution in [-0.4, -0.2) is 42.9 Å². The largest absolute Gasteiger partial charge is 0.465 e. The van der Waals surface area contributed by atoms with Crippen LogP contribution in [0.5, 0.6) is 0 Å². The van der Waals surface area contributed by atoms with E-state index in [-0.39, 0.29) is 23.5 Å². The van der Waals surface area contributed by atoms with E-state index in [1.165, 1.54) is 13.4 Å². The molecule has 1 aromatic carbocycles. The lowest BCUT2D eigenvalue weighted by Gasteiger charge is -2.31. The van der Waals surface area contributed by atoms with Crippen molar-refractivity contribution < 1.29 is 23.5 Å². The summed E-state index contributed by atoms with van der Waals surface area (Å²) in [4.78, 5) is 38.0. The van der Waals surface area contributed by atoms with Crippen molar-refractivity contribution in [1.82, 2.24) is 4.90 Å². The molecule has 0 spiro atoms. The molecule has 1 N–H and O–H groups in total. The number of esters is 1. The number of nitrogens with one attached hydrogen (secondary N) is 1. The van der Waals surface area contributed by atoms with E-state index in [1.807, 2.05) is 0 Å². The molecule has 3 rings (SSSR count). The minimum Gasteiger partial charge on any atom is -0.465 e. The van der Waals surface area contributed by atoms with Crippen molar-refractivity contribution in [3.8, 4) is 0 Å². The molecule has 1 saturated heterocycles. The Bertz CT molecular complexity index is 783. The van der Waals surface area contributed by atoms with E-state index < -0.39 is 5.97 Å². The maximum Gasteiger partial charge on any atom is 0.337 e. The van der Waals surface area contributed by atoms with Gasteiger partial charge in [0, 0.05) is 18.8 Å². The van der Waals surface area contributed by atoms with Crippen LogP contribution in [0, 0.1) is 5.92 Å². The third-order valence-electron chi connectivity index (χ3n) is 4.38. The quantitative estimate of drug-likeness (QED) is 0.851. The van der Waals surface area contributed by atoms with Gasteiger partial charge in [0.15, 0.2) is 5.76 Å². The monoisotopic (exact) mass is 356 g/mol. The molecular weight excluding hydrogens is 336 g/mol. The number of anilines is 1. The first kappa shape index (κ1) is 17.7. The molecule has 0 unspecified atom stereocenters. The molecule has 7 nitrogen and oxygen atoms in total. The van der Waals surface area contributed by atoms with Gasteiger partial charge in [-0.25, -0.2) is 4.79 Å². The molecule has 1 aliphatic heterocycles. The lowest BCUT2D eigenvalue weighted by Crippen LogP contribution is -2.43. The van der Waals surface area contributed by atoms with Crippen LogP contribution in [0.1, 0.15) is 33.8 Å². The van der Waals surface area contributed by atoms with E-state index in [4.69, 9.17) is 4.42 Å². The highest BCUT2D eigenvalue weighted by Gasteiger charge is 2.29. The van der Waals surface area contributed by atoms with Gasteiger partial charge < -0.3 is 19.4 Å². The smallest absolute Gasteiger partial charge is 0.337 e. The van der Waals surface area contributed by atoms with E-state index in [0.717, 1.165) is 6.42 Å². The van der Waals surface area contributed by atoms with Crippen molar-refractivity contribution in [2.45, 2.75) is 12.8 Å². The normalized spacial score (nSPS) is 16.8. The molecule has 26 heavy (non-hydrogen) atoms. The van der Waals surface area contributed by atoms with Gasteiger partial charge in [-0.2, -0.15) is 0 Å². The molecular formula is C19H20N2O5. The molecule has 1 aliphatic rings. The number of furan rings is 1. The summed E-state index contributed by atoms with van der Waals surface area (Å²) in [5.74, 6) is -0.780. The van der Waals surface area contributed by atoms with Crippen LogP contribution in [0.15, 0.2) is 47.1 Å². The first-order chi connectivity index (χ1) is 12.6.